The van der Waals surface area contributed by atoms with Crippen LogP contribution in [0.5, 0.6) is 0 Å². The van der Waals surface area contributed by atoms with Gasteiger partial charge in [0.1, 0.15) is 6.07 Å². The first kappa shape index (κ1) is 14.1. The number of rotatable bonds is 3. The molecule has 1 heterocycles. The zero-order valence-corrected chi connectivity index (χ0v) is 10.9. The van der Waals surface area contributed by atoms with Crippen LogP contribution in [0.3, 0.4) is 0 Å². The van der Waals surface area contributed by atoms with E-state index in [0.717, 1.165) is 6.07 Å². The van der Waals surface area contributed by atoms with Crippen molar-refractivity contribution in [2.75, 3.05) is 7.11 Å². The molecule has 104 valence electrons. The summed E-state index contributed by atoms with van der Waals surface area (Å²) < 4.78 is 4.58. The van der Waals surface area contributed by atoms with Gasteiger partial charge in [-0.2, -0.15) is 5.26 Å². The Balaban J connectivity index is 2.62. The topological polar surface area (TPSA) is 106 Å². The summed E-state index contributed by atoms with van der Waals surface area (Å²) in [6.45, 7) is 0. The van der Waals surface area contributed by atoms with Crippen molar-refractivity contribution in [2.24, 2.45) is 0 Å². The minimum atomic E-state index is -0.677. The van der Waals surface area contributed by atoms with Crippen molar-refractivity contribution in [3.8, 4) is 17.2 Å². The van der Waals surface area contributed by atoms with Crippen molar-refractivity contribution >= 4 is 11.7 Å². The van der Waals surface area contributed by atoms with Gasteiger partial charge in [-0.3, -0.25) is 15.1 Å². The Kier molecular flexibility index (Phi) is 3.90. The molecule has 1 aromatic carbocycles. The van der Waals surface area contributed by atoms with Crippen LogP contribution in [-0.4, -0.2) is 23.0 Å². The molecule has 7 nitrogen and oxygen atoms in total. The number of carbonyl (C=O) groups excluding carboxylic acids is 1. The third kappa shape index (κ3) is 3.01. The molecular weight excluding hydrogens is 274 g/mol. The molecule has 0 N–H and O–H groups in total. The van der Waals surface area contributed by atoms with E-state index in [0.29, 0.717) is 16.7 Å². The highest BCUT2D eigenvalue weighted by Crippen LogP contribution is 2.26. The zero-order chi connectivity index (χ0) is 15.4. The lowest BCUT2D eigenvalue weighted by molar-refractivity contribution is -0.384. The van der Waals surface area contributed by atoms with Crippen LogP contribution in [0.4, 0.5) is 5.69 Å². The Morgan fingerprint density at radius 3 is 2.67 bits per heavy atom. The number of methoxy groups -OCH3 is 1. The zero-order valence-electron chi connectivity index (χ0n) is 10.9. The van der Waals surface area contributed by atoms with Gasteiger partial charge in [-0.05, 0) is 17.7 Å². The number of nitro groups is 1. The van der Waals surface area contributed by atoms with E-state index in [1.165, 1.54) is 37.7 Å². The van der Waals surface area contributed by atoms with Crippen LogP contribution in [0.2, 0.25) is 0 Å². The number of hydrogen-bond donors (Lipinski definition) is 0. The number of hydrogen-bond acceptors (Lipinski definition) is 6. The summed E-state index contributed by atoms with van der Waals surface area (Å²) >= 11 is 0. The lowest BCUT2D eigenvalue weighted by Crippen LogP contribution is -2.03. The Labute approximate surface area is 119 Å². The molecule has 0 bridgehead atoms. The van der Waals surface area contributed by atoms with Gasteiger partial charge in [0.15, 0.2) is 0 Å². The summed E-state index contributed by atoms with van der Waals surface area (Å²) in [7, 11) is 1.19. The van der Waals surface area contributed by atoms with Gasteiger partial charge in [0, 0.05) is 30.1 Å². The van der Waals surface area contributed by atoms with Gasteiger partial charge >= 0.3 is 5.97 Å². The van der Waals surface area contributed by atoms with Crippen LogP contribution >= 0.6 is 0 Å². The maximum atomic E-state index is 11.6. The summed E-state index contributed by atoms with van der Waals surface area (Å²) in [4.78, 5) is 25.8. The summed E-state index contributed by atoms with van der Waals surface area (Å²) in [6.07, 6.45) is 2.84. The molecule has 0 aliphatic heterocycles. The molecule has 0 aliphatic rings. The molecule has 0 aliphatic carbocycles. The quantitative estimate of drug-likeness (QED) is 0.486. The number of esters is 1. The van der Waals surface area contributed by atoms with Crippen molar-refractivity contribution < 1.29 is 14.5 Å². The van der Waals surface area contributed by atoms with Crippen molar-refractivity contribution in [2.45, 2.75) is 0 Å². The first-order valence-corrected chi connectivity index (χ1v) is 5.78. The molecule has 2 aromatic rings. The Morgan fingerprint density at radius 2 is 2.05 bits per heavy atom. The highest BCUT2D eigenvalue weighted by Gasteiger charge is 2.16. The average molecular weight is 283 g/mol. The SMILES string of the molecule is COC(=O)c1cc(-c2cncc(C#N)c2)cc([N+](=O)[O-])c1. The second kappa shape index (κ2) is 5.79. The number of nitro benzene ring substituents is 1. The fourth-order valence-corrected chi connectivity index (χ4v) is 1.78. The van der Waals surface area contributed by atoms with E-state index >= 15 is 0 Å². The fourth-order valence-electron chi connectivity index (χ4n) is 1.78. The van der Waals surface area contributed by atoms with Gasteiger partial charge in [-0.25, -0.2) is 4.79 Å². The second-order valence-corrected chi connectivity index (χ2v) is 4.09. The molecule has 21 heavy (non-hydrogen) atoms. The van der Waals surface area contributed by atoms with Crippen molar-refractivity contribution in [1.82, 2.24) is 4.98 Å². The molecular formula is C14H9N3O4. The molecule has 2 rings (SSSR count). The maximum absolute atomic E-state index is 11.6. The van der Waals surface area contributed by atoms with Gasteiger partial charge in [-0.1, -0.05) is 0 Å². The van der Waals surface area contributed by atoms with E-state index in [2.05, 4.69) is 9.72 Å². The molecule has 0 saturated carbocycles. The minimum absolute atomic E-state index is 0.0593. The van der Waals surface area contributed by atoms with E-state index in [-0.39, 0.29) is 11.3 Å². The van der Waals surface area contributed by atoms with Crippen LogP contribution in [0.15, 0.2) is 36.7 Å². The van der Waals surface area contributed by atoms with E-state index in [9.17, 15) is 14.9 Å². The number of non-ortho nitro benzene ring substituents is 1. The van der Waals surface area contributed by atoms with Crippen LogP contribution in [0, 0.1) is 21.4 Å². The summed E-state index contributed by atoms with van der Waals surface area (Å²) in [5.74, 6) is -0.677. The summed E-state index contributed by atoms with van der Waals surface area (Å²) in [5, 5.41) is 19.8. The number of nitriles is 1. The van der Waals surface area contributed by atoms with Crippen LogP contribution in [0.25, 0.3) is 11.1 Å². The number of benzene rings is 1. The summed E-state index contributed by atoms with van der Waals surface area (Å²) in [6, 6.07) is 7.37. The minimum Gasteiger partial charge on any atom is -0.465 e. The normalized spacial score (nSPS) is 9.71. The van der Waals surface area contributed by atoms with Crippen molar-refractivity contribution in [3.05, 3.63) is 57.9 Å². The first-order chi connectivity index (χ1) is 10.0. The number of nitrogens with zero attached hydrogens (tertiary/aromatic N) is 3. The lowest BCUT2D eigenvalue weighted by Gasteiger charge is -2.05. The molecule has 0 saturated heterocycles. The van der Waals surface area contributed by atoms with Crippen molar-refractivity contribution in [3.63, 3.8) is 0 Å². The second-order valence-electron chi connectivity index (χ2n) is 4.09. The smallest absolute Gasteiger partial charge is 0.338 e. The standard InChI is InChI=1S/C14H9N3O4/c1-21-14(18)11-3-10(4-13(5-11)17(19)20)12-2-9(6-15)7-16-8-12/h2-5,7-8H,1H3. The van der Waals surface area contributed by atoms with E-state index < -0.39 is 10.9 Å². The third-order valence-corrected chi connectivity index (χ3v) is 2.75. The van der Waals surface area contributed by atoms with E-state index in [1.54, 1.807) is 0 Å². The number of carbonyl (C=O) groups is 1. The van der Waals surface area contributed by atoms with Crippen LogP contribution < -0.4 is 0 Å². The highest BCUT2D eigenvalue weighted by molar-refractivity contribution is 5.92. The predicted molar refractivity (Wildman–Crippen MR) is 72.4 cm³/mol. The Hall–Kier alpha value is -3.27. The largest absolute Gasteiger partial charge is 0.465 e. The lowest BCUT2D eigenvalue weighted by atomic mass is 10.0. The van der Waals surface area contributed by atoms with Gasteiger partial charge in [-0.15, -0.1) is 0 Å². The number of ether oxygens (including phenoxy) is 1. The molecule has 0 atom stereocenters. The number of aromatic nitrogens is 1. The highest BCUT2D eigenvalue weighted by atomic mass is 16.6. The molecule has 0 radical (unpaired) electrons. The van der Waals surface area contributed by atoms with Gasteiger partial charge in [0.05, 0.1) is 23.2 Å². The Bertz CT molecular complexity index is 765. The molecule has 0 fully saturated rings. The van der Waals surface area contributed by atoms with Gasteiger partial charge < -0.3 is 4.74 Å². The molecule has 0 unspecified atom stereocenters. The average Bonchev–Trinajstić information content (AvgIpc) is 2.53. The van der Waals surface area contributed by atoms with E-state index in [4.69, 9.17) is 5.26 Å². The molecule has 0 amide bonds. The number of pyridine rings is 1. The van der Waals surface area contributed by atoms with Gasteiger partial charge in [0.2, 0.25) is 0 Å². The fraction of sp³-hybridized carbons (Fsp3) is 0.0714. The molecule has 1 aromatic heterocycles. The van der Waals surface area contributed by atoms with Crippen LogP contribution in [0.1, 0.15) is 15.9 Å². The molecule has 0 spiro atoms. The monoisotopic (exact) mass is 283 g/mol. The first-order valence-electron chi connectivity index (χ1n) is 5.78. The molecule has 7 heteroatoms. The van der Waals surface area contributed by atoms with Crippen LogP contribution in [-0.2, 0) is 4.74 Å². The van der Waals surface area contributed by atoms with Gasteiger partial charge in [0.25, 0.3) is 5.69 Å². The van der Waals surface area contributed by atoms with E-state index in [1.807, 2.05) is 6.07 Å². The third-order valence-electron chi connectivity index (χ3n) is 2.75. The summed E-state index contributed by atoms with van der Waals surface area (Å²) in [5.41, 5.74) is 1.05. The predicted octanol–water partition coefficient (Wildman–Crippen LogP) is 2.32. The Morgan fingerprint density at radius 1 is 1.29 bits per heavy atom. The van der Waals surface area contributed by atoms with Crippen molar-refractivity contribution in [1.29, 1.82) is 5.26 Å². The maximum Gasteiger partial charge on any atom is 0.338 e.